The minimum absolute atomic E-state index is 0.232. The third-order valence-corrected chi connectivity index (χ3v) is 3.21. The number of thiol groups is 1. The fourth-order valence-corrected chi connectivity index (χ4v) is 2.24. The largest absolute Gasteiger partial charge is 0.489 e. The van der Waals surface area contributed by atoms with Crippen molar-refractivity contribution in [1.29, 1.82) is 0 Å². The summed E-state index contributed by atoms with van der Waals surface area (Å²) >= 11 is 4.64. The summed E-state index contributed by atoms with van der Waals surface area (Å²) in [4.78, 5) is 0. The summed E-state index contributed by atoms with van der Waals surface area (Å²) in [5.74, 6) is 0.955. The molecule has 0 aliphatic carbocycles. The van der Waals surface area contributed by atoms with Crippen molar-refractivity contribution in [2.45, 2.75) is 50.9 Å². The molecule has 0 N–H and O–H groups in total. The van der Waals surface area contributed by atoms with Gasteiger partial charge in [-0.1, -0.05) is 44.9 Å². The van der Waals surface area contributed by atoms with Crippen LogP contribution in [0.4, 0.5) is 0 Å². The molecule has 1 rings (SSSR count). The van der Waals surface area contributed by atoms with Crippen LogP contribution in [-0.4, -0.2) is 11.4 Å². The van der Waals surface area contributed by atoms with Crippen molar-refractivity contribution in [2.75, 3.05) is 0 Å². The molecule has 2 atom stereocenters. The summed E-state index contributed by atoms with van der Waals surface area (Å²) in [6, 6.07) is 10.0. The third-order valence-electron chi connectivity index (χ3n) is 2.62. The number of hydrogen-bond donors (Lipinski definition) is 1. The van der Waals surface area contributed by atoms with Crippen molar-refractivity contribution < 1.29 is 4.74 Å². The summed E-state index contributed by atoms with van der Waals surface area (Å²) in [5.41, 5.74) is 0. The van der Waals surface area contributed by atoms with Gasteiger partial charge in [0.25, 0.3) is 0 Å². The zero-order valence-corrected chi connectivity index (χ0v) is 11.1. The predicted octanol–water partition coefficient (Wildman–Crippen LogP) is 4.33. The summed E-state index contributed by atoms with van der Waals surface area (Å²) in [7, 11) is 0. The molecule has 90 valence electrons. The number of hydrogen-bond acceptors (Lipinski definition) is 2. The van der Waals surface area contributed by atoms with E-state index >= 15 is 0 Å². The summed E-state index contributed by atoms with van der Waals surface area (Å²) in [5, 5.41) is 0.338. The molecule has 0 heterocycles. The Bertz CT molecular complexity index is 273. The fourth-order valence-electron chi connectivity index (χ4n) is 1.77. The highest BCUT2D eigenvalue weighted by Crippen LogP contribution is 2.21. The van der Waals surface area contributed by atoms with Gasteiger partial charge < -0.3 is 4.74 Å². The van der Waals surface area contributed by atoms with Gasteiger partial charge in [0.05, 0.1) is 0 Å². The van der Waals surface area contributed by atoms with E-state index in [0.717, 1.165) is 31.4 Å². The van der Waals surface area contributed by atoms with Gasteiger partial charge in [-0.15, -0.1) is 0 Å². The number of benzene rings is 1. The molecule has 0 aromatic heterocycles. The van der Waals surface area contributed by atoms with Gasteiger partial charge in [0.2, 0.25) is 0 Å². The SMILES string of the molecule is CCCC(S)C(CCC)Oc1ccccc1. The van der Waals surface area contributed by atoms with Gasteiger partial charge in [-0.25, -0.2) is 0 Å². The van der Waals surface area contributed by atoms with Gasteiger partial charge in [0.1, 0.15) is 11.9 Å². The van der Waals surface area contributed by atoms with E-state index in [2.05, 4.69) is 26.5 Å². The van der Waals surface area contributed by atoms with Crippen LogP contribution in [0.25, 0.3) is 0 Å². The van der Waals surface area contributed by atoms with E-state index < -0.39 is 0 Å². The first-order valence-electron chi connectivity index (χ1n) is 6.17. The van der Waals surface area contributed by atoms with E-state index in [1.807, 2.05) is 30.3 Å². The zero-order valence-electron chi connectivity index (χ0n) is 10.2. The lowest BCUT2D eigenvalue weighted by Crippen LogP contribution is -2.27. The van der Waals surface area contributed by atoms with E-state index in [9.17, 15) is 0 Å². The van der Waals surface area contributed by atoms with Gasteiger partial charge in [-0.05, 0) is 25.0 Å². The molecule has 0 saturated carbocycles. The molecule has 0 saturated heterocycles. The number of para-hydroxylation sites is 1. The topological polar surface area (TPSA) is 9.23 Å². The van der Waals surface area contributed by atoms with Gasteiger partial charge in [-0.2, -0.15) is 12.6 Å². The normalized spacial score (nSPS) is 14.4. The Morgan fingerprint density at radius 1 is 1.06 bits per heavy atom. The van der Waals surface area contributed by atoms with Crippen LogP contribution in [0, 0.1) is 0 Å². The van der Waals surface area contributed by atoms with Crippen LogP contribution in [-0.2, 0) is 0 Å². The Kier molecular flexibility index (Phi) is 6.39. The van der Waals surface area contributed by atoms with E-state index in [0.29, 0.717) is 5.25 Å². The lowest BCUT2D eigenvalue weighted by atomic mass is 10.1. The van der Waals surface area contributed by atoms with E-state index in [1.54, 1.807) is 0 Å². The Labute approximate surface area is 105 Å². The summed E-state index contributed by atoms with van der Waals surface area (Å²) in [6.45, 7) is 4.38. The second kappa shape index (κ2) is 7.61. The second-order valence-corrected chi connectivity index (χ2v) is 4.78. The second-order valence-electron chi connectivity index (χ2n) is 4.11. The maximum absolute atomic E-state index is 5.99. The first-order chi connectivity index (χ1) is 7.77. The lowest BCUT2D eigenvalue weighted by molar-refractivity contribution is 0.183. The molecule has 2 unspecified atom stereocenters. The van der Waals surface area contributed by atoms with Gasteiger partial charge in [-0.3, -0.25) is 0 Å². The maximum atomic E-state index is 5.99. The molecule has 2 heteroatoms. The first kappa shape index (κ1) is 13.4. The van der Waals surface area contributed by atoms with Gasteiger partial charge >= 0.3 is 0 Å². The molecule has 1 aromatic rings. The Morgan fingerprint density at radius 2 is 1.69 bits per heavy atom. The molecule has 0 radical (unpaired) electrons. The van der Waals surface area contributed by atoms with Crippen molar-refractivity contribution in [3.63, 3.8) is 0 Å². The molecule has 16 heavy (non-hydrogen) atoms. The molecule has 0 spiro atoms. The zero-order chi connectivity index (χ0) is 11.8. The molecule has 0 bridgehead atoms. The van der Waals surface area contributed by atoms with Gasteiger partial charge in [0, 0.05) is 5.25 Å². The van der Waals surface area contributed by atoms with Crippen LogP contribution in [0.1, 0.15) is 39.5 Å². The number of rotatable bonds is 7. The summed E-state index contributed by atoms with van der Waals surface area (Å²) in [6.07, 6.45) is 4.71. The van der Waals surface area contributed by atoms with Crippen LogP contribution in [0.15, 0.2) is 30.3 Å². The standard InChI is InChI=1S/C14H22OS/c1-3-8-13(14(16)9-4-2)15-12-10-6-5-7-11-12/h5-7,10-11,13-14,16H,3-4,8-9H2,1-2H3. The molecule has 0 aliphatic rings. The molecular formula is C14H22OS. The average molecular weight is 238 g/mol. The van der Waals surface area contributed by atoms with E-state index in [-0.39, 0.29) is 6.10 Å². The number of ether oxygens (including phenoxy) is 1. The van der Waals surface area contributed by atoms with Crippen LogP contribution in [0.5, 0.6) is 5.75 Å². The summed E-state index contributed by atoms with van der Waals surface area (Å²) < 4.78 is 5.99. The Morgan fingerprint density at radius 3 is 2.25 bits per heavy atom. The maximum Gasteiger partial charge on any atom is 0.119 e. The quantitative estimate of drug-likeness (QED) is 0.696. The smallest absolute Gasteiger partial charge is 0.119 e. The molecule has 0 amide bonds. The highest BCUT2D eigenvalue weighted by atomic mass is 32.1. The Balaban J connectivity index is 2.57. The van der Waals surface area contributed by atoms with Crippen molar-refractivity contribution >= 4 is 12.6 Å². The molecule has 0 fully saturated rings. The molecular weight excluding hydrogens is 216 g/mol. The minimum atomic E-state index is 0.232. The highest BCUT2D eigenvalue weighted by Gasteiger charge is 2.18. The van der Waals surface area contributed by atoms with Crippen molar-refractivity contribution in [3.05, 3.63) is 30.3 Å². The molecule has 1 aromatic carbocycles. The first-order valence-corrected chi connectivity index (χ1v) is 6.69. The molecule has 1 nitrogen and oxygen atoms in total. The Hall–Kier alpha value is -0.630. The van der Waals surface area contributed by atoms with E-state index in [1.165, 1.54) is 0 Å². The predicted molar refractivity (Wildman–Crippen MR) is 73.4 cm³/mol. The highest BCUT2D eigenvalue weighted by molar-refractivity contribution is 7.81. The van der Waals surface area contributed by atoms with Crippen molar-refractivity contribution in [2.24, 2.45) is 0 Å². The monoisotopic (exact) mass is 238 g/mol. The minimum Gasteiger partial charge on any atom is -0.489 e. The fraction of sp³-hybridized carbons (Fsp3) is 0.571. The lowest BCUT2D eigenvalue weighted by Gasteiger charge is -2.24. The van der Waals surface area contributed by atoms with Crippen molar-refractivity contribution in [3.8, 4) is 5.75 Å². The van der Waals surface area contributed by atoms with Crippen LogP contribution in [0.3, 0.4) is 0 Å². The van der Waals surface area contributed by atoms with E-state index in [4.69, 9.17) is 4.74 Å². The van der Waals surface area contributed by atoms with Crippen LogP contribution < -0.4 is 4.74 Å². The van der Waals surface area contributed by atoms with Crippen LogP contribution in [0.2, 0.25) is 0 Å². The van der Waals surface area contributed by atoms with Crippen LogP contribution >= 0.6 is 12.6 Å². The van der Waals surface area contributed by atoms with Crippen molar-refractivity contribution in [1.82, 2.24) is 0 Å². The average Bonchev–Trinajstić information content (AvgIpc) is 2.30. The third kappa shape index (κ3) is 4.48. The molecule has 0 aliphatic heterocycles. The van der Waals surface area contributed by atoms with Gasteiger partial charge in [0.15, 0.2) is 0 Å².